The number of nitrogens with zero attached hydrogens (tertiary/aromatic N) is 2. The van der Waals surface area contributed by atoms with Gasteiger partial charge in [-0.05, 0) is 44.2 Å². The Morgan fingerprint density at radius 1 is 1.15 bits per heavy atom. The number of hydrogen-bond donors (Lipinski definition) is 1. The molecule has 4 aliphatic heterocycles. The molecule has 8 nitrogen and oxygen atoms in total. The maximum absolute atomic E-state index is 14.7. The third-order valence-corrected chi connectivity index (χ3v) is 9.30. The highest BCUT2D eigenvalue weighted by molar-refractivity contribution is 6.34. The van der Waals surface area contributed by atoms with Crippen molar-refractivity contribution in [1.82, 2.24) is 4.90 Å². The minimum atomic E-state index is -1.43. The van der Waals surface area contributed by atoms with Crippen molar-refractivity contribution in [3.05, 3.63) is 53.1 Å². The van der Waals surface area contributed by atoms with E-state index in [9.17, 15) is 19.5 Å². The van der Waals surface area contributed by atoms with Crippen LogP contribution in [0.4, 0.5) is 5.69 Å². The van der Waals surface area contributed by atoms with E-state index in [1.54, 1.807) is 24.0 Å². The summed E-state index contributed by atoms with van der Waals surface area (Å²) in [5, 5.41) is 11.0. The Kier molecular flexibility index (Phi) is 7.42. The number of benzene rings is 1. The number of aliphatic hydroxyl groups excluding tert-OH is 1. The van der Waals surface area contributed by atoms with Crippen molar-refractivity contribution >= 4 is 35.1 Å². The number of amides is 2. The number of rotatable bonds is 5. The third-order valence-electron chi connectivity index (χ3n) is 8.99. The average molecular weight is 557 g/mol. The van der Waals surface area contributed by atoms with Crippen molar-refractivity contribution in [1.29, 1.82) is 0 Å². The summed E-state index contributed by atoms with van der Waals surface area (Å²) in [5.74, 6) is -3.30. The molecule has 210 valence electrons. The molecule has 0 bridgehead atoms. The van der Waals surface area contributed by atoms with Crippen LogP contribution in [0.1, 0.15) is 45.6 Å². The van der Waals surface area contributed by atoms with Crippen LogP contribution in [0.15, 0.2) is 42.5 Å². The van der Waals surface area contributed by atoms with E-state index in [-0.39, 0.29) is 37.5 Å². The molecule has 2 amide bonds. The molecular formula is C30H37ClN2O6. The monoisotopic (exact) mass is 556 g/mol. The van der Waals surface area contributed by atoms with Crippen molar-refractivity contribution in [2.45, 2.75) is 70.2 Å². The zero-order chi connectivity index (χ0) is 28.1. The van der Waals surface area contributed by atoms with Gasteiger partial charge in [-0.1, -0.05) is 68.3 Å². The minimum Gasteiger partial charge on any atom is -0.465 e. The van der Waals surface area contributed by atoms with Gasteiger partial charge in [0.1, 0.15) is 17.6 Å². The van der Waals surface area contributed by atoms with Crippen LogP contribution in [0, 0.1) is 24.7 Å². The fourth-order valence-electron chi connectivity index (χ4n) is 6.91. The number of carbonyl (C=O) groups is 3. The van der Waals surface area contributed by atoms with Crippen LogP contribution in [0.2, 0.25) is 5.02 Å². The van der Waals surface area contributed by atoms with Crippen LogP contribution >= 0.6 is 11.6 Å². The highest BCUT2D eigenvalue weighted by Gasteiger charge is 2.75. The number of ether oxygens (including phenoxy) is 2. The molecule has 5 rings (SSSR count). The van der Waals surface area contributed by atoms with Gasteiger partial charge in [-0.3, -0.25) is 14.4 Å². The number of halogens is 1. The van der Waals surface area contributed by atoms with Gasteiger partial charge in [0.05, 0.1) is 41.5 Å². The van der Waals surface area contributed by atoms with E-state index in [2.05, 4.69) is 0 Å². The number of aliphatic hydroxyl groups is 1. The molecule has 0 saturated carbocycles. The van der Waals surface area contributed by atoms with Crippen molar-refractivity contribution in [2.75, 3.05) is 24.7 Å². The second-order valence-electron chi connectivity index (χ2n) is 11.3. The number of aryl methyl sites for hydroxylation is 1. The summed E-state index contributed by atoms with van der Waals surface area (Å²) in [5.41, 5.74) is -1.20. The molecular weight excluding hydrogens is 520 g/mol. The Labute approximate surface area is 234 Å². The van der Waals surface area contributed by atoms with Crippen LogP contribution in [0.3, 0.4) is 0 Å². The first kappa shape index (κ1) is 27.9. The lowest BCUT2D eigenvalue weighted by atomic mass is 9.74. The Balaban J connectivity index is 1.72. The van der Waals surface area contributed by atoms with Crippen LogP contribution in [0.25, 0.3) is 0 Å². The maximum atomic E-state index is 14.7. The lowest BCUT2D eigenvalue weighted by Gasteiger charge is -2.41. The van der Waals surface area contributed by atoms with Gasteiger partial charge in [-0.25, -0.2) is 0 Å². The largest absolute Gasteiger partial charge is 0.465 e. The fourth-order valence-corrected chi connectivity index (χ4v) is 7.23. The van der Waals surface area contributed by atoms with Crippen LogP contribution in [0.5, 0.6) is 0 Å². The molecule has 4 aliphatic rings. The first-order valence-corrected chi connectivity index (χ1v) is 14.2. The molecule has 39 heavy (non-hydrogen) atoms. The summed E-state index contributed by atoms with van der Waals surface area (Å²) in [6, 6.07) is 3.69. The highest BCUT2D eigenvalue weighted by Crippen LogP contribution is 2.58. The summed E-state index contributed by atoms with van der Waals surface area (Å²) in [7, 11) is 0. The number of likely N-dealkylation sites (tertiary alicyclic amines) is 1. The van der Waals surface area contributed by atoms with Gasteiger partial charge in [0.2, 0.25) is 5.91 Å². The molecule has 0 aromatic heterocycles. The molecule has 1 aromatic carbocycles. The van der Waals surface area contributed by atoms with Gasteiger partial charge in [0, 0.05) is 6.54 Å². The van der Waals surface area contributed by atoms with E-state index < -0.39 is 41.1 Å². The van der Waals surface area contributed by atoms with Crippen LogP contribution in [-0.4, -0.2) is 70.8 Å². The summed E-state index contributed by atoms with van der Waals surface area (Å²) < 4.78 is 12.5. The molecule has 1 unspecified atom stereocenters. The molecule has 9 heteroatoms. The summed E-state index contributed by atoms with van der Waals surface area (Å²) in [6.07, 6.45) is 9.49. The number of fused-ring (bicyclic) bond motifs is 2. The average Bonchev–Trinajstić information content (AvgIpc) is 3.25. The van der Waals surface area contributed by atoms with Gasteiger partial charge in [-0.2, -0.15) is 0 Å². The summed E-state index contributed by atoms with van der Waals surface area (Å²) in [4.78, 5) is 45.8. The topological polar surface area (TPSA) is 96.4 Å². The highest BCUT2D eigenvalue weighted by atomic mass is 35.5. The predicted molar refractivity (Wildman–Crippen MR) is 147 cm³/mol. The third kappa shape index (κ3) is 4.23. The number of cyclic esters (lactones) is 1. The van der Waals surface area contributed by atoms with E-state index >= 15 is 0 Å². The number of esters is 1. The Morgan fingerprint density at radius 2 is 1.92 bits per heavy atom. The molecule has 4 heterocycles. The zero-order valence-corrected chi connectivity index (χ0v) is 23.7. The second-order valence-corrected chi connectivity index (χ2v) is 11.8. The number of anilines is 1. The van der Waals surface area contributed by atoms with Crippen molar-refractivity contribution in [2.24, 2.45) is 17.8 Å². The molecule has 7 atom stereocenters. The maximum Gasteiger partial charge on any atom is 0.313 e. The standard InChI is InChI=1S/C30H37ClN2O6/c1-5-18(2)21(17-34)33-25-27(36)32(24-19(3)11-9-12-20(24)31)15-10-14-30(25)22(26(33)35)23-28(37)38-16-8-6-7-13-29(23,4)39-30/h7,9-14,18,21-23,25,34H,5-6,8,15-17H2,1-4H3/b13-7-/t18-,21-,22-,23+,25?,29-,30-/m0/s1. The quantitative estimate of drug-likeness (QED) is 0.437. The SMILES string of the molecule is CC[C@H](C)[C@H](CO)N1C(=O)[C@@H]2[C@@H]3C(=O)OCCC/C=C\[C@]3(C)O[C@@]23C=CCN(c2c(C)cccc2Cl)C(=O)C13. The van der Waals surface area contributed by atoms with E-state index in [4.69, 9.17) is 21.1 Å². The van der Waals surface area contributed by atoms with E-state index in [1.165, 1.54) is 4.90 Å². The van der Waals surface area contributed by atoms with E-state index in [1.807, 2.05) is 51.1 Å². The van der Waals surface area contributed by atoms with Gasteiger partial charge in [-0.15, -0.1) is 0 Å². The number of hydrogen-bond acceptors (Lipinski definition) is 6. The van der Waals surface area contributed by atoms with Crippen LogP contribution in [-0.2, 0) is 23.9 Å². The Hall–Kier alpha value is -2.68. The first-order valence-electron chi connectivity index (χ1n) is 13.8. The van der Waals surface area contributed by atoms with Gasteiger partial charge < -0.3 is 24.4 Å². The fraction of sp³-hybridized carbons (Fsp3) is 0.567. The molecule has 0 radical (unpaired) electrons. The molecule has 0 aliphatic carbocycles. The summed E-state index contributed by atoms with van der Waals surface area (Å²) in [6.45, 7) is 7.74. The lowest BCUT2D eigenvalue weighted by molar-refractivity contribution is -0.160. The molecule has 1 spiro atoms. The van der Waals surface area contributed by atoms with E-state index in [0.29, 0.717) is 30.0 Å². The van der Waals surface area contributed by atoms with Crippen molar-refractivity contribution in [3.63, 3.8) is 0 Å². The lowest BCUT2D eigenvalue weighted by Crippen LogP contribution is -2.60. The number of para-hydroxylation sites is 1. The number of carbonyl (C=O) groups excluding carboxylic acids is 3. The van der Waals surface area contributed by atoms with Crippen molar-refractivity contribution in [3.8, 4) is 0 Å². The second kappa shape index (κ2) is 10.4. The Morgan fingerprint density at radius 3 is 2.62 bits per heavy atom. The van der Waals surface area contributed by atoms with Crippen LogP contribution < -0.4 is 4.90 Å². The molecule has 1 N–H and O–H groups in total. The minimum absolute atomic E-state index is 0.107. The van der Waals surface area contributed by atoms with Gasteiger partial charge >= 0.3 is 5.97 Å². The van der Waals surface area contributed by atoms with E-state index in [0.717, 1.165) is 5.56 Å². The predicted octanol–water partition coefficient (Wildman–Crippen LogP) is 3.82. The number of allylic oxidation sites excluding steroid dienone is 1. The van der Waals surface area contributed by atoms with Gasteiger partial charge in [0.25, 0.3) is 5.91 Å². The van der Waals surface area contributed by atoms with Crippen molar-refractivity contribution < 1.29 is 29.0 Å². The smallest absolute Gasteiger partial charge is 0.313 e. The zero-order valence-electron chi connectivity index (χ0n) is 22.9. The van der Waals surface area contributed by atoms with Gasteiger partial charge in [0.15, 0.2) is 0 Å². The molecule has 2 fully saturated rings. The molecule has 1 aromatic rings. The normalized spacial score (nSPS) is 34.7. The Bertz CT molecular complexity index is 1210. The molecule has 2 saturated heterocycles. The summed E-state index contributed by atoms with van der Waals surface area (Å²) >= 11 is 6.61. The first-order chi connectivity index (χ1) is 18.6.